The van der Waals surface area contributed by atoms with Crippen LogP contribution in [0.2, 0.25) is 0 Å². The summed E-state index contributed by atoms with van der Waals surface area (Å²) in [5.41, 5.74) is 12.0. The lowest BCUT2D eigenvalue weighted by atomic mass is 10.2. The van der Waals surface area contributed by atoms with Crippen LogP contribution in [0.5, 0.6) is 6.01 Å². The zero-order chi connectivity index (χ0) is 14.5. The van der Waals surface area contributed by atoms with E-state index in [4.69, 9.17) is 21.3 Å². The zero-order valence-electron chi connectivity index (χ0n) is 10.8. The number of aliphatic hydroxyl groups excluding tert-OH is 1. The molecular weight excluding hydrogens is 264 g/mol. The zero-order valence-corrected chi connectivity index (χ0v) is 10.8. The molecule has 0 saturated carbocycles. The number of ether oxygens (including phenoxy) is 1. The number of hydrogen-bond donors (Lipinski definition) is 4. The SMILES string of the molecule is Nc1nc(N)c2[nH]c(OCCCCC(=O)CO)nc2n1. The van der Waals surface area contributed by atoms with E-state index >= 15 is 0 Å². The monoisotopic (exact) mass is 280 g/mol. The Morgan fingerprint density at radius 2 is 2.05 bits per heavy atom. The molecule has 2 rings (SSSR count). The van der Waals surface area contributed by atoms with Crippen molar-refractivity contribution in [3.8, 4) is 6.01 Å². The molecule has 0 radical (unpaired) electrons. The number of imidazole rings is 1. The summed E-state index contributed by atoms with van der Waals surface area (Å²) >= 11 is 0. The minimum absolute atomic E-state index is 0.0514. The maximum absolute atomic E-state index is 10.9. The van der Waals surface area contributed by atoms with Gasteiger partial charge in [0, 0.05) is 6.42 Å². The molecule has 6 N–H and O–H groups in total. The van der Waals surface area contributed by atoms with E-state index in [0.29, 0.717) is 37.0 Å². The number of aromatic amines is 1. The van der Waals surface area contributed by atoms with Crippen LogP contribution in [0, 0.1) is 0 Å². The van der Waals surface area contributed by atoms with Gasteiger partial charge in [-0.3, -0.25) is 4.79 Å². The van der Waals surface area contributed by atoms with Gasteiger partial charge in [-0.1, -0.05) is 0 Å². The van der Waals surface area contributed by atoms with Crippen LogP contribution >= 0.6 is 0 Å². The van der Waals surface area contributed by atoms with Crippen LogP contribution in [-0.4, -0.2) is 44.0 Å². The normalized spacial score (nSPS) is 10.8. The Kier molecular flexibility index (Phi) is 4.31. The summed E-state index contributed by atoms with van der Waals surface area (Å²) in [6.45, 7) is -0.0227. The lowest BCUT2D eigenvalue weighted by molar-refractivity contribution is -0.121. The lowest BCUT2D eigenvalue weighted by Gasteiger charge is -2.01. The quantitative estimate of drug-likeness (QED) is 0.501. The Morgan fingerprint density at radius 3 is 2.80 bits per heavy atom. The Labute approximate surface area is 114 Å². The molecule has 0 aromatic carbocycles. The van der Waals surface area contributed by atoms with E-state index in [1.807, 2.05) is 0 Å². The second kappa shape index (κ2) is 6.15. The van der Waals surface area contributed by atoms with Crippen molar-refractivity contribution in [3.63, 3.8) is 0 Å². The number of carbonyl (C=O) groups is 1. The highest BCUT2D eigenvalue weighted by molar-refractivity contribution is 5.83. The summed E-state index contributed by atoms with van der Waals surface area (Å²) < 4.78 is 5.40. The summed E-state index contributed by atoms with van der Waals surface area (Å²) in [4.78, 5) is 25.6. The van der Waals surface area contributed by atoms with Crippen LogP contribution in [0.1, 0.15) is 19.3 Å². The third-order valence-electron chi connectivity index (χ3n) is 2.64. The Hall–Kier alpha value is -2.42. The summed E-state index contributed by atoms with van der Waals surface area (Å²) in [6.07, 6.45) is 1.66. The number of nitrogens with zero attached hydrogens (tertiary/aromatic N) is 3. The molecule has 0 aliphatic carbocycles. The first-order valence-electron chi connectivity index (χ1n) is 6.14. The molecule has 0 aliphatic rings. The number of anilines is 2. The first-order chi connectivity index (χ1) is 9.60. The number of nitrogen functional groups attached to an aromatic ring is 2. The molecule has 2 heterocycles. The first-order valence-corrected chi connectivity index (χ1v) is 6.14. The van der Waals surface area contributed by atoms with Crippen molar-refractivity contribution < 1.29 is 14.6 Å². The van der Waals surface area contributed by atoms with Crippen molar-refractivity contribution in [2.45, 2.75) is 19.3 Å². The van der Waals surface area contributed by atoms with Gasteiger partial charge < -0.3 is 26.3 Å². The molecule has 20 heavy (non-hydrogen) atoms. The Balaban J connectivity index is 1.88. The number of ketones is 1. The standard InChI is InChI=1S/C11H16N6O3/c12-8-7-9(16-10(13)15-8)17-11(14-7)20-4-2-1-3-6(19)5-18/h18H,1-5H2,(H5,12,13,14,15,16,17). The van der Waals surface area contributed by atoms with Gasteiger partial charge in [0.1, 0.15) is 12.1 Å². The number of nitrogens with one attached hydrogen (secondary N) is 1. The van der Waals surface area contributed by atoms with E-state index < -0.39 is 6.61 Å². The Bertz CT molecular complexity index is 611. The first kappa shape index (κ1) is 14.0. The molecule has 0 fully saturated rings. The van der Waals surface area contributed by atoms with Crippen molar-refractivity contribution in [1.82, 2.24) is 19.9 Å². The summed E-state index contributed by atoms with van der Waals surface area (Å²) in [6, 6.07) is 0.278. The van der Waals surface area contributed by atoms with Gasteiger partial charge in [-0.05, 0) is 12.8 Å². The van der Waals surface area contributed by atoms with Crippen LogP contribution in [-0.2, 0) is 4.79 Å². The highest BCUT2D eigenvalue weighted by Crippen LogP contribution is 2.19. The molecule has 9 heteroatoms. The number of H-pyrrole nitrogens is 1. The van der Waals surface area contributed by atoms with Gasteiger partial charge in [0.15, 0.2) is 17.2 Å². The van der Waals surface area contributed by atoms with Crippen molar-refractivity contribution in [1.29, 1.82) is 0 Å². The number of hydrogen-bond acceptors (Lipinski definition) is 8. The molecule has 0 saturated heterocycles. The van der Waals surface area contributed by atoms with Crippen LogP contribution in [0.25, 0.3) is 11.2 Å². The lowest BCUT2D eigenvalue weighted by Crippen LogP contribution is -2.05. The Morgan fingerprint density at radius 1 is 1.25 bits per heavy atom. The van der Waals surface area contributed by atoms with Gasteiger partial charge in [0.25, 0.3) is 6.01 Å². The van der Waals surface area contributed by atoms with Gasteiger partial charge in [-0.25, -0.2) is 0 Å². The summed E-state index contributed by atoms with van der Waals surface area (Å²) in [5, 5.41) is 8.57. The fourth-order valence-electron chi connectivity index (χ4n) is 1.66. The topological polar surface area (TPSA) is 153 Å². The number of Topliss-reactive ketones (excluding diaryl/α,β-unsaturated/α-hetero) is 1. The fraction of sp³-hybridized carbons (Fsp3) is 0.455. The average molecular weight is 280 g/mol. The second-order valence-corrected chi connectivity index (χ2v) is 4.21. The molecule has 108 valence electrons. The third-order valence-corrected chi connectivity index (χ3v) is 2.64. The molecule has 0 bridgehead atoms. The van der Waals surface area contributed by atoms with Crippen LogP contribution in [0.15, 0.2) is 0 Å². The van der Waals surface area contributed by atoms with Crippen molar-refractivity contribution in [2.75, 3.05) is 24.7 Å². The third kappa shape index (κ3) is 3.32. The highest BCUT2D eigenvalue weighted by atomic mass is 16.5. The number of nitrogens with two attached hydrogens (primary N) is 2. The summed E-state index contributed by atoms with van der Waals surface area (Å²) in [7, 11) is 0. The predicted molar refractivity (Wildman–Crippen MR) is 71.9 cm³/mol. The van der Waals surface area contributed by atoms with Gasteiger partial charge in [-0.2, -0.15) is 15.0 Å². The van der Waals surface area contributed by atoms with E-state index in [-0.39, 0.29) is 23.6 Å². The fourth-order valence-corrected chi connectivity index (χ4v) is 1.66. The van der Waals surface area contributed by atoms with E-state index in [2.05, 4.69) is 19.9 Å². The largest absolute Gasteiger partial charge is 0.465 e. The van der Waals surface area contributed by atoms with E-state index in [1.165, 1.54) is 0 Å². The molecule has 0 aliphatic heterocycles. The number of aromatic nitrogens is 4. The molecule has 2 aromatic heterocycles. The maximum atomic E-state index is 10.9. The number of fused-ring (bicyclic) bond motifs is 1. The smallest absolute Gasteiger partial charge is 0.296 e. The van der Waals surface area contributed by atoms with Crippen molar-refractivity contribution >= 4 is 28.7 Å². The molecular formula is C11H16N6O3. The van der Waals surface area contributed by atoms with Gasteiger partial charge in [0.2, 0.25) is 5.95 Å². The highest BCUT2D eigenvalue weighted by Gasteiger charge is 2.10. The van der Waals surface area contributed by atoms with Crippen LogP contribution in [0.4, 0.5) is 11.8 Å². The van der Waals surface area contributed by atoms with Crippen LogP contribution in [0.3, 0.4) is 0 Å². The van der Waals surface area contributed by atoms with Gasteiger partial charge in [0.05, 0.1) is 6.61 Å². The minimum Gasteiger partial charge on any atom is -0.465 e. The molecule has 2 aromatic rings. The molecule has 0 amide bonds. The molecule has 0 atom stereocenters. The van der Waals surface area contributed by atoms with Crippen molar-refractivity contribution in [3.05, 3.63) is 0 Å². The molecule has 9 nitrogen and oxygen atoms in total. The van der Waals surface area contributed by atoms with E-state index in [9.17, 15) is 4.79 Å². The second-order valence-electron chi connectivity index (χ2n) is 4.21. The number of aliphatic hydroxyl groups is 1. The van der Waals surface area contributed by atoms with Crippen molar-refractivity contribution in [2.24, 2.45) is 0 Å². The summed E-state index contributed by atoms with van der Waals surface area (Å²) in [5.74, 6) is 0.0891. The number of unbranched alkanes of at least 4 members (excludes halogenated alkanes) is 1. The number of carbonyl (C=O) groups excluding carboxylic acids is 1. The minimum atomic E-state index is -0.413. The maximum Gasteiger partial charge on any atom is 0.296 e. The number of rotatable bonds is 7. The van der Waals surface area contributed by atoms with Gasteiger partial charge in [-0.15, -0.1) is 0 Å². The van der Waals surface area contributed by atoms with E-state index in [0.717, 1.165) is 0 Å². The molecule has 0 unspecified atom stereocenters. The predicted octanol–water partition coefficient (Wildman–Crippen LogP) is -0.372. The van der Waals surface area contributed by atoms with Gasteiger partial charge >= 0.3 is 0 Å². The molecule has 0 spiro atoms. The van der Waals surface area contributed by atoms with Crippen LogP contribution < -0.4 is 16.2 Å². The average Bonchev–Trinajstić information content (AvgIpc) is 2.81. The van der Waals surface area contributed by atoms with E-state index in [1.54, 1.807) is 0 Å².